The number of pyridine rings is 1. The molecule has 108 valence electrons. The van der Waals surface area contributed by atoms with Crippen molar-refractivity contribution in [2.45, 2.75) is 48.9 Å². The van der Waals surface area contributed by atoms with E-state index < -0.39 is 0 Å². The van der Waals surface area contributed by atoms with Crippen molar-refractivity contribution in [3.63, 3.8) is 0 Å². The summed E-state index contributed by atoms with van der Waals surface area (Å²) in [5.74, 6) is 0.916. The smallest absolute Gasteiger partial charge is 0.174 e. The van der Waals surface area contributed by atoms with Crippen LogP contribution in [0, 0.1) is 0 Å². The maximum Gasteiger partial charge on any atom is 0.174 e. The van der Waals surface area contributed by atoms with Gasteiger partial charge in [0.05, 0.1) is 5.69 Å². The zero-order valence-electron chi connectivity index (χ0n) is 12.1. The van der Waals surface area contributed by atoms with Gasteiger partial charge in [-0.3, -0.25) is 4.98 Å². The van der Waals surface area contributed by atoms with E-state index in [-0.39, 0.29) is 0 Å². The summed E-state index contributed by atoms with van der Waals surface area (Å²) in [7, 11) is 0. The van der Waals surface area contributed by atoms with E-state index in [4.69, 9.17) is 0 Å². The quantitative estimate of drug-likeness (QED) is 0.845. The zero-order valence-corrected chi connectivity index (χ0v) is 13.7. The first-order chi connectivity index (χ1) is 9.72. The van der Waals surface area contributed by atoms with Crippen molar-refractivity contribution < 1.29 is 0 Å². The number of rotatable bonds is 7. The molecular weight excluding hydrogens is 288 g/mol. The molecule has 6 heteroatoms. The molecule has 0 spiro atoms. The Morgan fingerprint density at radius 3 is 2.80 bits per heavy atom. The van der Waals surface area contributed by atoms with Crippen LogP contribution >= 0.6 is 23.3 Å². The monoisotopic (exact) mass is 308 g/mol. The topological polar surface area (TPSA) is 50.7 Å². The Morgan fingerprint density at radius 1 is 1.35 bits per heavy atom. The van der Waals surface area contributed by atoms with Crippen LogP contribution in [-0.4, -0.2) is 20.9 Å². The van der Waals surface area contributed by atoms with Crippen molar-refractivity contribution in [2.75, 3.05) is 6.54 Å². The maximum absolute atomic E-state index is 4.53. The fourth-order valence-electron chi connectivity index (χ4n) is 1.70. The maximum atomic E-state index is 4.53. The number of hydrogen-bond acceptors (Lipinski definition) is 6. The van der Waals surface area contributed by atoms with Gasteiger partial charge in [-0.1, -0.05) is 25.6 Å². The molecule has 20 heavy (non-hydrogen) atoms. The highest BCUT2D eigenvalue weighted by atomic mass is 32.2. The Morgan fingerprint density at radius 2 is 2.20 bits per heavy atom. The Balaban J connectivity index is 1.97. The van der Waals surface area contributed by atoms with Gasteiger partial charge in [-0.25, -0.2) is 4.98 Å². The molecule has 1 unspecified atom stereocenters. The van der Waals surface area contributed by atoms with Crippen molar-refractivity contribution in [2.24, 2.45) is 0 Å². The fraction of sp³-hybridized carbons (Fsp3) is 0.500. The summed E-state index contributed by atoms with van der Waals surface area (Å²) in [4.78, 5) is 10.1. The SMILES string of the molecule is CCCNC(C)c1ccc(Sc2nc(CC)ns2)cn1. The summed E-state index contributed by atoms with van der Waals surface area (Å²) in [6.45, 7) is 7.39. The van der Waals surface area contributed by atoms with Gasteiger partial charge in [-0.05, 0) is 43.6 Å². The van der Waals surface area contributed by atoms with E-state index in [1.165, 1.54) is 11.5 Å². The van der Waals surface area contributed by atoms with E-state index in [9.17, 15) is 0 Å². The van der Waals surface area contributed by atoms with Gasteiger partial charge in [0.1, 0.15) is 5.82 Å². The molecule has 0 radical (unpaired) electrons. The molecule has 0 aliphatic heterocycles. The highest BCUT2D eigenvalue weighted by Gasteiger charge is 2.08. The summed E-state index contributed by atoms with van der Waals surface area (Å²) in [6, 6.07) is 4.48. The van der Waals surface area contributed by atoms with Gasteiger partial charge in [-0.15, -0.1) is 0 Å². The van der Waals surface area contributed by atoms with Gasteiger partial charge in [0, 0.05) is 23.6 Å². The molecule has 0 aliphatic carbocycles. The first kappa shape index (κ1) is 15.4. The molecule has 2 aromatic rings. The normalized spacial score (nSPS) is 12.6. The Kier molecular flexibility index (Phi) is 5.94. The zero-order chi connectivity index (χ0) is 14.4. The fourth-order valence-corrected chi connectivity index (χ4v) is 3.34. The van der Waals surface area contributed by atoms with Crippen LogP contribution in [0.15, 0.2) is 27.6 Å². The Hall–Kier alpha value is -0.980. The minimum Gasteiger partial charge on any atom is -0.309 e. The molecule has 2 heterocycles. The van der Waals surface area contributed by atoms with Gasteiger partial charge in [0.25, 0.3) is 0 Å². The van der Waals surface area contributed by atoms with Crippen LogP contribution in [0.3, 0.4) is 0 Å². The van der Waals surface area contributed by atoms with Crippen molar-refractivity contribution >= 4 is 23.3 Å². The number of aromatic nitrogens is 3. The number of hydrogen-bond donors (Lipinski definition) is 1. The Bertz CT molecular complexity index is 524. The lowest BCUT2D eigenvalue weighted by Crippen LogP contribution is -2.20. The molecule has 0 amide bonds. The summed E-state index contributed by atoms with van der Waals surface area (Å²) in [5.41, 5.74) is 1.08. The van der Waals surface area contributed by atoms with Crippen molar-refractivity contribution in [3.05, 3.63) is 29.8 Å². The highest BCUT2D eigenvalue weighted by molar-refractivity contribution is 8.01. The van der Waals surface area contributed by atoms with Crippen LogP contribution in [0.1, 0.15) is 44.8 Å². The number of nitrogens with one attached hydrogen (secondary N) is 1. The van der Waals surface area contributed by atoms with Gasteiger partial charge in [0.15, 0.2) is 4.34 Å². The molecule has 1 atom stereocenters. The number of nitrogens with zero attached hydrogens (tertiary/aromatic N) is 3. The van der Waals surface area contributed by atoms with E-state index >= 15 is 0 Å². The van der Waals surface area contributed by atoms with E-state index in [1.807, 2.05) is 6.20 Å². The molecule has 0 bridgehead atoms. The summed E-state index contributed by atoms with van der Waals surface area (Å²) >= 11 is 3.08. The summed E-state index contributed by atoms with van der Waals surface area (Å²) in [5, 5.41) is 3.44. The van der Waals surface area contributed by atoms with E-state index in [2.05, 4.69) is 52.6 Å². The molecule has 0 aromatic carbocycles. The molecule has 0 fully saturated rings. The molecule has 0 aliphatic rings. The molecule has 1 N–H and O–H groups in total. The second-order valence-corrected chi connectivity index (χ2v) is 6.60. The largest absolute Gasteiger partial charge is 0.309 e. The second kappa shape index (κ2) is 7.71. The van der Waals surface area contributed by atoms with Crippen LogP contribution in [0.2, 0.25) is 0 Å². The van der Waals surface area contributed by atoms with E-state index in [1.54, 1.807) is 11.8 Å². The van der Waals surface area contributed by atoms with Gasteiger partial charge in [0.2, 0.25) is 0 Å². The third-order valence-electron chi connectivity index (χ3n) is 2.87. The van der Waals surface area contributed by atoms with Gasteiger partial charge in [-0.2, -0.15) is 4.37 Å². The second-order valence-electron chi connectivity index (χ2n) is 4.53. The Labute approximate surface area is 128 Å². The third kappa shape index (κ3) is 4.26. The van der Waals surface area contributed by atoms with Crippen LogP contribution in [0.5, 0.6) is 0 Å². The minimum atomic E-state index is 0.294. The van der Waals surface area contributed by atoms with Crippen molar-refractivity contribution in [1.82, 2.24) is 19.7 Å². The summed E-state index contributed by atoms with van der Waals surface area (Å²) in [6.07, 6.45) is 3.93. The number of aryl methyl sites for hydroxylation is 1. The van der Waals surface area contributed by atoms with Crippen molar-refractivity contribution in [3.8, 4) is 0 Å². The van der Waals surface area contributed by atoms with Gasteiger partial charge < -0.3 is 5.32 Å². The molecule has 2 aromatic heterocycles. The van der Waals surface area contributed by atoms with E-state index in [0.29, 0.717) is 6.04 Å². The van der Waals surface area contributed by atoms with Crippen LogP contribution < -0.4 is 5.32 Å². The molecule has 4 nitrogen and oxygen atoms in total. The molecule has 0 saturated heterocycles. The van der Waals surface area contributed by atoms with Crippen LogP contribution in [0.4, 0.5) is 0 Å². The predicted octanol–water partition coefficient (Wildman–Crippen LogP) is 3.71. The van der Waals surface area contributed by atoms with Gasteiger partial charge >= 0.3 is 0 Å². The third-order valence-corrected chi connectivity index (χ3v) is 4.64. The first-order valence-electron chi connectivity index (χ1n) is 6.92. The molecule has 0 saturated carbocycles. The first-order valence-corrected chi connectivity index (χ1v) is 8.51. The standard InChI is InChI=1S/C14H20N4S2/c1-4-8-15-10(3)12-7-6-11(9-16-12)19-14-17-13(5-2)18-20-14/h6-7,9-10,15H,4-5,8H2,1-3H3. The lowest BCUT2D eigenvalue weighted by atomic mass is 10.2. The lowest BCUT2D eigenvalue weighted by molar-refractivity contribution is 0.558. The predicted molar refractivity (Wildman–Crippen MR) is 84.4 cm³/mol. The summed E-state index contributed by atoms with van der Waals surface area (Å²) < 4.78 is 5.27. The van der Waals surface area contributed by atoms with Crippen LogP contribution in [0.25, 0.3) is 0 Å². The van der Waals surface area contributed by atoms with E-state index in [0.717, 1.165) is 40.1 Å². The molecular formula is C14H20N4S2. The minimum absolute atomic E-state index is 0.294. The van der Waals surface area contributed by atoms with Crippen LogP contribution in [-0.2, 0) is 6.42 Å². The highest BCUT2D eigenvalue weighted by Crippen LogP contribution is 2.28. The average Bonchev–Trinajstić information content (AvgIpc) is 2.93. The lowest BCUT2D eigenvalue weighted by Gasteiger charge is -2.12. The average molecular weight is 308 g/mol. The van der Waals surface area contributed by atoms with Crippen molar-refractivity contribution in [1.29, 1.82) is 0 Å². The molecule has 2 rings (SSSR count).